The number of guanidine groups is 1. The summed E-state index contributed by atoms with van der Waals surface area (Å²) in [5.41, 5.74) is 8.92. The average Bonchev–Trinajstić information content (AvgIpc) is 2.73. The van der Waals surface area contributed by atoms with Crippen LogP contribution in [0.1, 0.15) is 11.1 Å². The van der Waals surface area contributed by atoms with Gasteiger partial charge in [0.1, 0.15) is 0 Å². The van der Waals surface area contributed by atoms with Gasteiger partial charge in [-0.2, -0.15) is 0 Å². The lowest BCUT2D eigenvalue weighted by Crippen LogP contribution is -2.22. The van der Waals surface area contributed by atoms with E-state index in [1.807, 2.05) is 43.3 Å². The number of pyridine rings is 1. The molecule has 0 spiro atoms. The second-order valence-electron chi connectivity index (χ2n) is 6.29. The summed E-state index contributed by atoms with van der Waals surface area (Å²) in [7, 11) is 3.15. The van der Waals surface area contributed by atoms with Crippen LogP contribution in [0.5, 0.6) is 23.1 Å². The minimum atomic E-state index is 0.342. The van der Waals surface area contributed by atoms with Gasteiger partial charge in [0.2, 0.25) is 11.6 Å². The molecule has 0 saturated heterocycles. The van der Waals surface area contributed by atoms with Gasteiger partial charge in [-0.3, -0.25) is 0 Å². The molecule has 0 radical (unpaired) electrons. The first-order chi connectivity index (χ1) is 14.1. The Bertz CT molecular complexity index is 965. The molecule has 3 N–H and O–H groups in total. The van der Waals surface area contributed by atoms with Crippen molar-refractivity contribution in [2.45, 2.75) is 13.5 Å². The molecule has 0 fully saturated rings. The van der Waals surface area contributed by atoms with Crippen LogP contribution in [0.3, 0.4) is 0 Å². The van der Waals surface area contributed by atoms with E-state index in [9.17, 15) is 0 Å². The first kappa shape index (κ1) is 20.0. The zero-order chi connectivity index (χ0) is 20.6. The van der Waals surface area contributed by atoms with Crippen molar-refractivity contribution >= 4 is 11.6 Å². The van der Waals surface area contributed by atoms with Crippen LogP contribution < -0.4 is 25.3 Å². The Labute approximate surface area is 170 Å². The number of aromatic nitrogens is 1. The maximum absolute atomic E-state index is 5.97. The molecule has 150 valence electrons. The summed E-state index contributed by atoms with van der Waals surface area (Å²) in [4.78, 5) is 8.68. The summed E-state index contributed by atoms with van der Waals surface area (Å²) >= 11 is 0. The van der Waals surface area contributed by atoms with Crippen LogP contribution in [-0.4, -0.2) is 25.2 Å². The molecule has 0 saturated carbocycles. The zero-order valence-corrected chi connectivity index (χ0v) is 16.7. The molecule has 2 aromatic carbocycles. The van der Waals surface area contributed by atoms with E-state index in [0.717, 1.165) is 16.8 Å². The highest BCUT2D eigenvalue weighted by atomic mass is 16.5. The van der Waals surface area contributed by atoms with E-state index in [0.29, 0.717) is 35.6 Å². The molecular weight excluding hydrogens is 368 g/mol. The lowest BCUT2D eigenvalue weighted by Gasteiger charge is -2.13. The van der Waals surface area contributed by atoms with Crippen LogP contribution in [0.2, 0.25) is 0 Å². The molecule has 1 aromatic heterocycles. The first-order valence-electron chi connectivity index (χ1n) is 9.06. The quantitative estimate of drug-likeness (QED) is 0.464. The van der Waals surface area contributed by atoms with Gasteiger partial charge in [0.25, 0.3) is 0 Å². The van der Waals surface area contributed by atoms with Gasteiger partial charge in [0.15, 0.2) is 17.5 Å². The summed E-state index contributed by atoms with van der Waals surface area (Å²) in [5.74, 6) is 2.37. The topological polar surface area (TPSA) is 91.0 Å². The first-order valence-corrected chi connectivity index (χ1v) is 9.06. The van der Waals surface area contributed by atoms with E-state index in [1.54, 1.807) is 38.6 Å². The predicted molar refractivity (Wildman–Crippen MR) is 114 cm³/mol. The van der Waals surface area contributed by atoms with Crippen LogP contribution in [-0.2, 0) is 6.54 Å². The predicted octanol–water partition coefficient (Wildman–Crippen LogP) is 4.13. The van der Waals surface area contributed by atoms with E-state index in [1.165, 1.54) is 0 Å². The van der Waals surface area contributed by atoms with Gasteiger partial charge in [-0.25, -0.2) is 9.98 Å². The Morgan fingerprint density at radius 1 is 1.03 bits per heavy atom. The number of hydrogen-bond acceptors (Lipinski definition) is 5. The van der Waals surface area contributed by atoms with Crippen molar-refractivity contribution in [2.75, 3.05) is 19.5 Å². The largest absolute Gasteiger partial charge is 0.493 e. The third-order valence-corrected chi connectivity index (χ3v) is 4.11. The Hall–Kier alpha value is -3.74. The van der Waals surface area contributed by atoms with Crippen LogP contribution in [0.4, 0.5) is 5.69 Å². The maximum Gasteiger partial charge on any atom is 0.219 e. The third kappa shape index (κ3) is 5.38. The minimum absolute atomic E-state index is 0.342. The normalized spacial score (nSPS) is 11.1. The molecular formula is C22H24N4O3. The van der Waals surface area contributed by atoms with Gasteiger partial charge in [-0.1, -0.05) is 24.3 Å². The highest BCUT2D eigenvalue weighted by molar-refractivity contribution is 5.92. The Morgan fingerprint density at radius 3 is 2.38 bits per heavy atom. The molecule has 0 unspecified atom stereocenters. The molecule has 29 heavy (non-hydrogen) atoms. The minimum Gasteiger partial charge on any atom is -0.493 e. The molecule has 0 atom stereocenters. The number of nitrogens with one attached hydrogen (secondary N) is 1. The fourth-order valence-electron chi connectivity index (χ4n) is 2.67. The number of aryl methyl sites for hydroxylation is 1. The summed E-state index contributed by atoms with van der Waals surface area (Å²) in [5, 5.41) is 3.08. The van der Waals surface area contributed by atoms with Gasteiger partial charge in [0, 0.05) is 18.0 Å². The number of ether oxygens (including phenoxy) is 3. The number of nitrogens with zero attached hydrogens (tertiary/aromatic N) is 2. The molecule has 7 nitrogen and oxygen atoms in total. The average molecular weight is 392 g/mol. The van der Waals surface area contributed by atoms with Crippen LogP contribution in [0.15, 0.2) is 65.8 Å². The number of rotatable bonds is 7. The molecule has 1 heterocycles. The van der Waals surface area contributed by atoms with Crippen molar-refractivity contribution in [2.24, 2.45) is 10.7 Å². The Balaban J connectivity index is 1.65. The van der Waals surface area contributed by atoms with Crippen molar-refractivity contribution in [1.29, 1.82) is 0 Å². The SMILES string of the molecule is COc1cccc(OC)c1Oc1ccc(CN=C(N)Nc2cccc(C)c2)cn1. The molecule has 0 aliphatic heterocycles. The molecule has 3 aromatic rings. The number of benzene rings is 2. The Morgan fingerprint density at radius 2 is 1.76 bits per heavy atom. The van der Waals surface area contributed by atoms with Crippen molar-refractivity contribution in [3.63, 3.8) is 0 Å². The Kier molecular flexibility index (Phi) is 6.52. The highest BCUT2D eigenvalue weighted by Crippen LogP contribution is 2.39. The molecule has 0 aliphatic rings. The van der Waals surface area contributed by atoms with Gasteiger partial charge < -0.3 is 25.3 Å². The smallest absolute Gasteiger partial charge is 0.219 e. The maximum atomic E-state index is 5.97. The zero-order valence-electron chi connectivity index (χ0n) is 16.7. The number of methoxy groups -OCH3 is 2. The number of hydrogen-bond donors (Lipinski definition) is 2. The summed E-state index contributed by atoms with van der Waals surface area (Å²) in [6, 6.07) is 17.0. The number of anilines is 1. The second-order valence-corrected chi connectivity index (χ2v) is 6.29. The van der Waals surface area contributed by atoms with E-state index < -0.39 is 0 Å². The number of nitrogens with two attached hydrogens (primary N) is 1. The lowest BCUT2D eigenvalue weighted by molar-refractivity contribution is 0.342. The highest BCUT2D eigenvalue weighted by Gasteiger charge is 2.13. The van der Waals surface area contributed by atoms with Crippen molar-refractivity contribution in [3.8, 4) is 23.1 Å². The number of para-hydroxylation sites is 1. The second kappa shape index (κ2) is 9.45. The van der Waals surface area contributed by atoms with E-state index in [2.05, 4.69) is 15.3 Å². The van der Waals surface area contributed by atoms with Crippen LogP contribution in [0, 0.1) is 6.92 Å². The van der Waals surface area contributed by atoms with Gasteiger partial charge in [-0.15, -0.1) is 0 Å². The molecule has 3 rings (SSSR count). The fourth-order valence-corrected chi connectivity index (χ4v) is 2.67. The van der Waals surface area contributed by atoms with E-state index >= 15 is 0 Å². The third-order valence-electron chi connectivity index (χ3n) is 4.11. The molecule has 0 bridgehead atoms. The van der Waals surface area contributed by atoms with E-state index in [4.69, 9.17) is 19.9 Å². The van der Waals surface area contributed by atoms with Crippen molar-refractivity contribution in [3.05, 3.63) is 71.9 Å². The standard InChI is InChI=1S/C22H24N4O3/c1-15-6-4-7-17(12-15)26-22(23)25-14-16-10-11-20(24-13-16)29-21-18(27-2)8-5-9-19(21)28-3/h4-13H,14H2,1-3H3,(H3,23,25,26). The monoisotopic (exact) mass is 392 g/mol. The van der Waals surface area contributed by atoms with E-state index in [-0.39, 0.29) is 0 Å². The number of aliphatic imine (C=N–C) groups is 1. The fraction of sp³-hybridized carbons (Fsp3) is 0.182. The van der Waals surface area contributed by atoms with Crippen molar-refractivity contribution < 1.29 is 14.2 Å². The van der Waals surface area contributed by atoms with Crippen LogP contribution >= 0.6 is 0 Å². The van der Waals surface area contributed by atoms with Gasteiger partial charge >= 0.3 is 0 Å². The lowest BCUT2D eigenvalue weighted by atomic mass is 10.2. The molecule has 0 aliphatic carbocycles. The molecule has 7 heteroatoms. The van der Waals surface area contributed by atoms with Crippen molar-refractivity contribution in [1.82, 2.24) is 4.98 Å². The summed E-state index contributed by atoms with van der Waals surface area (Å²) in [6.07, 6.45) is 1.70. The van der Waals surface area contributed by atoms with Gasteiger partial charge in [-0.05, 0) is 42.3 Å². The molecule has 0 amide bonds. The van der Waals surface area contributed by atoms with Crippen LogP contribution in [0.25, 0.3) is 0 Å². The summed E-state index contributed by atoms with van der Waals surface area (Å²) in [6.45, 7) is 2.42. The summed E-state index contributed by atoms with van der Waals surface area (Å²) < 4.78 is 16.5. The van der Waals surface area contributed by atoms with Gasteiger partial charge in [0.05, 0.1) is 20.8 Å².